The smallest absolute Gasteiger partial charge is 0.0716 e. The number of nitrogens with zero attached hydrogens (tertiary/aromatic N) is 1. The highest BCUT2D eigenvalue weighted by molar-refractivity contribution is 6.31. The molecule has 114 valence electrons. The average Bonchev–Trinajstić information content (AvgIpc) is 2.38. The average molecular weight is 298 g/mol. The van der Waals surface area contributed by atoms with Gasteiger partial charge < -0.3 is 10.0 Å². The lowest BCUT2D eigenvalue weighted by molar-refractivity contribution is 0.282. The van der Waals surface area contributed by atoms with E-state index in [1.165, 1.54) is 0 Å². The number of aliphatic hydroxyl groups excluding tert-OH is 1. The molecule has 0 fully saturated rings. The molecule has 0 aliphatic rings. The number of hydrogen-bond donors (Lipinski definition) is 1. The summed E-state index contributed by atoms with van der Waals surface area (Å²) in [7, 11) is 0. The molecule has 0 aliphatic heterocycles. The summed E-state index contributed by atoms with van der Waals surface area (Å²) in [5.74, 6) is 1.35. The van der Waals surface area contributed by atoms with Crippen LogP contribution in [0.2, 0.25) is 5.02 Å². The Balaban J connectivity index is 2.93. The van der Waals surface area contributed by atoms with Gasteiger partial charge in [0.25, 0.3) is 0 Å². The molecule has 0 unspecified atom stereocenters. The van der Waals surface area contributed by atoms with Crippen LogP contribution in [0.25, 0.3) is 0 Å². The summed E-state index contributed by atoms with van der Waals surface area (Å²) >= 11 is 6.21. The van der Waals surface area contributed by atoms with Crippen LogP contribution in [0.15, 0.2) is 18.2 Å². The lowest BCUT2D eigenvalue weighted by Crippen LogP contribution is -2.28. The van der Waals surface area contributed by atoms with Crippen molar-refractivity contribution in [2.24, 2.45) is 11.8 Å². The summed E-state index contributed by atoms with van der Waals surface area (Å²) in [5, 5.41) is 10.2. The van der Waals surface area contributed by atoms with Gasteiger partial charge in [-0.1, -0.05) is 45.4 Å². The molecule has 0 saturated carbocycles. The molecule has 0 atom stereocenters. The van der Waals surface area contributed by atoms with Crippen LogP contribution in [0.4, 0.5) is 5.69 Å². The molecule has 1 aromatic rings. The predicted octanol–water partition coefficient (Wildman–Crippen LogP) is 4.73. The van der Waals surface area contributed by atoms with Gasteiger partial charge in [0.2, 0.25) is 0 Å². The molecule has 1 rings (SSSR count). The van der Waals surface area contributed by atoms with E-state index in [1.807, 2.05) is 12.1 Å². The molecule has 0 heterocycles. The van der Waals surface area contributed by atoms with Gasteiger partial charge in [0, 0.05) is 29.4 Å². The highest BCUT2D eigenvalue weighted by atomic mass is 35.5. The molecule has 2 nitrogen and oxygen atoms in total. The molecule has 0 spiro atoms. The van der Waals surface area contributed by atoms with E-state index >= 15 is 0 Å². The van der Waals surface area contributed by atoms with Crippen LogP contribution in [-0.2, 0) is 6.61 Å². The van der Waals surface area contributed by atoms with E-state index in [2.05, 4.69) is 38.7 Å². The first-order chi connectivity index (χ1) is 9.45. The zero-order valence-electron chi connectivity index (χ0n) is 13.2. The second-order valence-corrected chi connectivity index (χ2v) is 6.65. The Hall–Kier alpha value is -0.730. The van der Waals surface area contributed by atoms with Crippen LogP contribution in [0, 0.1) is 11.8 Å². The maximum absolute atomic E-state index is 9.59. The fourth-order valence-electron chi connectivity index (χ4n) is 2.18. The van der Waals surface area contributed by atoms with Crippen LogP contribution in [0.3, 0.4) is 0 Å². The maximum Gasteiger partial charge on any atom is 0.0716 e. The standard InChI is InChI=1S/C17H28ClNO/c1-13(2)8-10-19(11-9-14(3)4)17-7-5-6-16(18)15(17)12-20/h5-7,13-14,20H,8-12H2,1-4H3. The van der Waals surface area contributed by atoms with Gasteiger partial charge in [-0.2, -0.15) is 0 Å². The third-order valence-electron chi connectivity index (χ3n) is 3.55. The van der Waals surface area contributed by atoms with Crippen LogP contribution in [0.1, 0.15) is 46.1 Å². The number of halogens is 1. The van der Waals surface area contributed by atoms with Crippen molar-refractivity contribution in [3.63, 3.8) is 0 Å². The zero-order valence-corrected chi connectivity index (χ0v) is 14.0. The molecular weight excluding hydrogens is 270 g/mol. The predicted molar refractivity (Wildman–Crippen MR) is 88.5 cm³/mol. The summed E-state index contributed by atoms with van der Waals surface area (Å²) < 4.78 is 0. The quantitative estimate of drug-likeness (QED) is 0.750. The van der Waals surface area contributed by atoms with Gasteiger partial charge in [-0.3, -0.25) is 0 Å². The van der Waals surface area contributed by atoms with E-state index in [0.29, 0.717) is 16.9 Å². The fourth-order valence-corrected chi connectivity index (χ4v) is 2.41. The zero-order chi connectivity index (χ0) is 15.1. The highest BCUT2D eigenvalue weighted by Gasteiger charge is 2.14. The molecular formula is C17H28ClNO. The van der Waals surface area contributed by atoms with Crippen molar-refractivity contribution in [1.82, 2.24) is 0 Å². The first-order valence-electron chi connectivity index (χ1n) is 7.58. The van der Waals surface area contributed by atoms with E-state index in [9.17, 15) is 5.11 Å². The normalized spacial score (nSPS) is 11.4. The number of hydrogen-bond acceptors (Lipinski definition) is 2. The van der Waals surface area contributed by atoms with Gasteiger partial charge in [0.15, 0.2) is 0 Å². The van der Waals surface area contributed by atoms with Crippen molar-refractivity contribution < 1.29 is 5.11 Å². The van der Waals surface area contributed by atoms with Crippen LogP contribution in [-0.4, -0.2) is 18.2 Å². The second-order valence-electron chi connectivity index (χ2n) is 6.25. The van der Waals surface area contributed by atoms with E-state index in [4.69, 9.17) is 11.6 Å². The lowest BCUT2D eigenvalue weighted by Gasteiger charge is -2.28. The summed E-state index contributed by atoms with van der Waals surface area (Å²) in [6, 6.07) is 5.88. The van der Waals surface area contributed by atoms with Crippen molar-refractivity contribution in [3.8, 4) is 0 Å². The minimum Gasteiger partial charge on any atom is -0.392 e. The van der Waals surface area contributed by atoms with Crippen molar-refractivity contribution in [1.29, 1.82) is 0 Å². The van der Waals surface area contributed by atoms with Crippen LogP contribution < -0.4 is 4.90 Å². The first-order valence-corrected chi connectivity index (χ1v) is 7.96. The molecule has 20 heavy (non-hydrogen) atoms. The van der Waals surface area contributed by atoms with Crippen molar-refractivity contribution in [2.75, 3.05) is 18.0 Å². The lowest BCUT2D eigenvalue weighted by atomic mass is 10.1. The third-order valence-corrected chi connectivity index (χ3v) is 3.90. The summed E-state index contributed by atoms with van der Waals surface area (Å²) in [5.41, 5.74) is 1.93. The Kier molecular flexibility index (Phi) is 7.39. The molecule has 1 aromatic carbocycles. The minimum absolute atomic E-state index is 0.00510. The molecule has 0 bridgehead atoms. The molecule has 0 aliphatic carbocycles. The van der Waals surface area contributed by atoms with Gasteiger partial charge in [-0.05, 0) is 36.8 Å². The Bertz CT molecular complexity index is 392. The Morgan fingerprint density at radius 1 is 1.05 bits per heavy atom. The Labute approximate surface area is 128 Å². The minimum atomic E-state index is -0.00510. The molecule has 0 aromatic heterocycles. The Morgan fingerprint density at radius 3 is 2.05 bits per heavy atom. The van der Waals surface area contributed by atoms with Gasteiger partial charge in [-0.25, -0.2) is 0 Å². The first kappa shape index (κ1) is 17.3. The Morgan fingerprint density at radius 2 is 1.60 bits per heavy atom. The largest absolute Gasteiger partial charge is 0.392 e. The fraction of sp³-hybridized carbons (Fsp3) is 0.647. The van der Waals surface area contributed by atoms with E-state index < -0.39 is 0 Å². The molecule has 1 N–H and O–H groups in total. The number of anilines is 1. The number of benzene rings is 1. The number of aliphatic hydroxyl groups is 1. The molecule has 0 radical (unpaired) electrons. The second kappa shape index (κ2) is 8.53. The van der Waals surface area contributed by atoms with E-state index in [0.717, 1.165) is 37.2 Å². The van der Waals surface area contributed by atoms with Gasteiger partial charge in [0.05, 0.1) is 6.61 Å². The van der Waals surface area contributed by atoms with E-state index in [-0.39, 0.29) is 6.61 Å². The maximum atomic E-state index is 9.59. The van der Waals surface area contributed by atoms with Gasteiger partial charge >= 0.3 is 0 Å². The monoisotopic (exact) mass is 297 g/mol. The summed E-state index contributed by atoms with van der Waals surface area (Å²) in [4.78, 5) is 2.37. The molecule has 0 saturated heterocycles. The topological polar surface area (TPSA) is 23.5 Å². The SMILES string of the molecule is CC(C)CCN(CCC(C)C)c1cccc(Cl)c1CO. The molecule has 0 amide bonds. The van der Waals surface area contributed by atoms with E-state index in [1.54, 1.807) is 0 Å². The van der Waals surface area contributed by atoms with Crippen molar-refractivity contribution >= 4 is 17.3 Å². The van der Waals surface area contributed by atoms with Crippen LogP contribution in [0.5, 0.6) is 0 Å². The summed E-state index contributed by atoms with van der Waals surface area (Å²) in [6.45, 7) is 11.0. The van der Waals surface area contributed by atoms with Gasteiger partial charge in [0.1, 0.15) is 0 Å². The van der Waals surface area contributed by atoms with Crippen LogP contribution >= 0.6 is 11.6 Å². The van der Waals surface area contributed by atoms with Crippen molar-refractivity contribution in [2.45, 2.75) is 47.1 Å². The van der Waals surface area contributed by atoms with Crippen molar-refractivity contribution in [3.05, 3.63) is 28.8 Å². The molecule has 3 heteroatoms. The number of rotatable bonds is 8. The highest BCUT2D eigenvalue weighted by Crippen LogP contribution is 2.28. The van der Waals surface area contributed by atoms with Gasteiger partial charge in [-0.15, -0.1) is 0 Å². The summed E-state index contributed by atoms with van der Waals surface area (Å²) in [6.07, 6.45) is 2.30. The third kappa shape index (κ3) is 5.34.